The average Bonchev–Trinajstić information content (AvgIpc) is 2.80. The Hall–Kier alpha value is -2.82. The van der Waals surface area contributed by atoms with Crippen molar-refractivity contribution in [1.82, 2.24) is 9.78 Å². The zero-order chi connectivity index (χ0) is 14.1. The highest BCUT2D eigenvalue weighted by atomic mass is 16.2. The highest BCUT2D eigenvalue weighted by Gasteiger charge is 2.10. The summed E-state index contributed by atoms with van der Waals surface area (Å²) < 4.78 is 1.16. The lowest BCUT2D eigenvalue weighted by Crippen LogP contribution is -2.22. The van der Waals surface area contributed by atoms with Gasteiger partial charge in [0.25, 0.3) is 0 Å². The first-order valence-electron chi connectivity index (χ1n) is 6.26. The fourth-order valence-electron chi connectivity index (χ4n) is 2.23. The zero-order valence-electron chi connectivity index (χ0n) is 11.0. The SMILES string of the molecule is Cc1cc(Nc2cccc3ccccc23)n(C(N)=O)n1. The Balaban J connectivity index is 2.08. The summed E-state index contributed by atoms with van der Waals surface area (Å²) in [5, 5.41) is 9.48. The molecule has 5 nitrogen and oxygen atoms in total. The molecule has 2 aromatic carbocycles. The fourth-order valence-corrected chi connectivity index (χ4v) is 2.23. The summed E-state index contributed by atoms with van der Waals surface area (Å²) in [7, 11) is 0. The second-order valence-corrected chi connectivity index (χ2v) is 4.57. The van der Waals surface area contributed by atoms with Crippen molar-refractivity contribution in [2.75, 3.05) is 5.32 Å². The highest BCUT2D eigenvalue weighted by Crippen LogP contribution is 2.26. The van der Waals surface area contributed by atoms with Gasteiger partial charge in [0.2, 0.25) is 0 Å². The molecule has 0 bridgehead atoms. The van der Waals surface area contributed by atoms with Gasteiger partial charge in [-0.2, -0.15) is 9.78 Å². The zero-order valence-corrected chi connectivity index (χ0v) is 11.0. The summed E-state index contributed by atoms with van der Waals surface area (Å²) in [5.41, 5.74) is 6.95. The van der Waals surface area contributed by atoms with Crippen molar-refractivity contribution in [3.63, 3.8) is 0 Å². The molecule has 3 aromatic rings. The van der Waals surface area contributed by atoms with E-state index in [1.54, 1.807) is 6.07 Å². The summed E-state index contributed by atoms with van der Waals surface area (Å²) in [6.45, 7) is 1.81. The van der Waals surface area contributed by atoms with Gasteiger partial charge in [-0.15, -0.1) is 0 Å². The van der Waals surface area contributed by atoms with Gasteiger partial charge in [0.1, 0.15) is 5.82 Å². The first kappa shape index (κ1) is 12.2. The second kappa shape index (κ2) is 4.70. The van der Waals surface area contributed by atoms with Crippen LogP contribution in [0.2, 0.25) is 0 Å². The molecule has 0 radical (unpaired) electrons. The number of fused-ring (bicyclic) bond motifs is 1. The quantitative estimate of drug-likeness (QED) is 0.748. The molecule has 0 aliphatic heterocycles. The van der Waals surface area contributed by atoms with Crippen LogP contribution in [0.1, 0.15) is 5.69 Å². The molecule has 0 aliphatic rings. The molecule has 0 unspecified atom stereocenters. The van der Waals surface area contributed by atoms with Gasteiger partial charge in [-0.3, -0.25) is 0 Å². The third-order valence-corrected chi connectivity index (χ3v) is 3.09. The van der Waals surface area contributed by atoms with E-state index < -0.39 is 6.03 Å². The molecule has 100 valence electrons. The van der Waals surface area contributed by atoms with Crippen LogP contribution in [0.25, 0.3) is 10.8 Å². The molecule has 1 heterocycles. The molecule has 5 heteroatoms. The normalized spacial score (nSPS) is 10.7. The van der Waals surface area contributed by atoms with Gasteiger partial charge >= 0.3 is 6.03 Å². The lowest BCUT2D eigenvalue weighted by atomic mass is 10.1. The smallest absolute Gasteiger partial charge is 0.341 e. The molecule has 1 amide bonds. The van der Waals surface area contributed by atoms with E-state index in [-0.39, 0.29) is 0 Å². The number of rotatable bonds is 2. The van der Waals surface area contributed by atoms with E-state index in [0.29, 0.717) is 5.82 Å². The number of primary amides is 1. The number of nitrogens with one attached hydrogen (secondary N) is 1. The first-order valence-corrected chi connectivity index (χ1v) is 6.26. The number of carbonyl (C=O) groups excluding carboxylic acids is 1. The summed E-state index contributed by atoms with van der Waals surface area (Å²) in [4.78, 5) is 11.4. The molecule has 0 spiro atoms. The molecule has 3 rings (SSSR count). The molecule has 0 fully saturated rings. The van der Waals surface area contributed by atoms with E-state index in [0.717, 1.165) is 26.8 Å². The number of nitrogens with zero attached hydrogens (tertiary/aromatic N) is 2. The summed E-state index contributed by atoms with van der Waals surface area (Å²) >= 11 is 0. The predicted octanol–water partition coefficient (Wildman–Crippen LogP) is 3.02. The molecule has 0 atom stereocenters. The van der Waals surface area contributed by atoms with Crippen LogP contribution in [0.3, 0.4) is 0 Å². The molecule has 0 saturated carbocycles. The van der Waals surface area contributed by atoms with Gasteiger partial charge < -0.3 is 11.1 Å². The van der Waals surface area contributed by atoms with E-state index in [1.165, 1.54) is 0 Å². The Labute approximate surface area is 116 Å². The number of nitrogens with two attached hydrogens (primary N) is 1. The molecule has 1 aromatic heterocycles. The largest absolute Gasteiger partial charge is 0.350 e. The summed E-state index contributed by atoms with van der Waals surface area (Å²) in [5.74, 6) is 0.561. The van der Waals surface area contributed by atoms with Crippen molar-refractivity contribution in [2.45, 2.75) is 6.92 Å². The van der Waals surface area contributed by atoms with Crippen LogP contribution in [0.15, 0.2) is 48.5 Å². The van der Waals surface area contributed by atoms with Crippen LogP contribution in [-0.2, 0) is 0 Å². The lowest BCUT2D eigenvalue weighted by molar-refractivity contribution is 0.248. The van der Waals surface area contributed by atoms with Gasteiger partial charge in [-0.25, -0.2) is 4.79 Å². The van der Waals surface area contributed by atoms with E-state index in [9.17, 15) is 4.79 Å². The van der Waals surface area contributed by atoms with E-state index in [2.05, 4.69) is 10.4 Å². The Morgan fingerprint density at radius 1 is 1.20 bits per heavy atom. The van der Waals surface area contributed by atoms with Crippen LogP contribution in [0, 0.1) is 6.92 Å². The average molecular weight is 266 g/mol. The molecule has 3 N–H and O–H groups in total. The van der Waals surface area contributed by atoms with Gasteiger partial charge in [0, 0.05) is 17.1 Å². The molecular weight excluding hydrogens is 252 g/mol. The number of aromatic nitrogens is 2. The minimum absolute atomic E-state index is 0.561. The van der Waals surface area contributed by atoms with Crippen LogP contribution < -0.4 is 11.1 Å². The van der Waals surface area contributed by atoms with E-state index >= 15 is 0 Å². The Morgan fingerprint density at radius 3 is 2.75 bits per heavy atom. The van der Waals surface area contributed by atoms with Crippen LogP contribution in [-0.4, -0.2) is 15.8 Å². The number of benzene rings is 2. The first-order chi connectivity index (χ1) is 9.65. The van der Waals surface area contributed by atoms with E-state index in [1.807, 2.05) is 49.4 Å². The maximum Gasteiger partial charge on any atom is 0.341 e. The van der Waals surface area contributed by atoms with Crippen LogP contribution in [0.5, 0.6) is 0 Å². The van der Waals surface area contributed by atoms with Crippen LogP contribution >= 0.6 is 0 Å². The number of aryl methyl sites for hydroxylation is 1. The third kappa shape index (κ3) is 2.09. The van der Waals surface area contributed by atoms with Gasteiger partial charge in [-0.1, -0.05) is 36.4 Å². The number of hydrogen-bond donors (Lipinski definition) is 2. The number of amides is 1. The minimum atomic E-state index is -0.610. The standard InChI is InChI=1S/C15H14N4O/c1-10-9-14(19(18-10)15(16)20)17-13-8-4-6-11-5-2-3-7-12(11)13/h2-9,17H,1H3,(H2,16,20). The topological polar surface area (TPSA) is 72.9 Å². The maximum atomic E-state index is 11.4. The fraction of sp³-hybridized carbons (Fsp3) is 0.0667. The number of anilines is 2. The Bertz CT molecular complexity index is 786. The van der Waals surface area contributed by atoms with Crippen molar-refractivity contribution >= 4 is 28.3 Å². The van der Waals surface area contributed by atoms with Crippen molar-refractivity contribution in [3.8, 4) is 0 Å². The van der Waals surface area contributed by atoms with Crippen molar-refractivity contribution in [2.24, 2.45) is 5.73 Å². The van der Waals surface area contributed by atoms with Gasteiger partial charge in [0.05, 0.1) is 5.69 Å². The maximum absolute atomic E-state index is 11.4. The van der Waals surface area contributed by atoms with Gasteiger partial charge in [0.15, 0.2) is 0 Å². The molecular formula is C15H14N4O. The van der Waals surface area contributed by atoms with Crippen molar-refractivity contribution in [3.05, 3.63) is 54.2 Å². The summed E-state index contributed by atoms with van der Waals surface area (Å²) in [6.07, 6.45) is 0. The lowest BCUT2D eigenvalue weighted by Gasteiger charge is -2.09. The minimum Gasteiger partial charge on any atom is -0.350 e. The Morgan fingerprint density at radius 2 is 1.95 bits per heavy atom. The van der Waals surface area contributed by atoms with E-state index in [4.69, 9.17) is 5.73 Å². The third-order valence-electron chi connectivity index (χ3n) is 3.09. The van der Waals surface area contributed by atoms with Crippen molar-refractivity contribution in [1.29, 1.82) is 0 Å². The molecule has 0 saturated heterocycles. The number of carbonyl (C=O) groups is 1. The Kier molecular flexibility index (Phi) is 2.87. The summed E-state index contributed by atoms with van der Waals surface area (Å²) in [6, 6.07) is 15.2. The van der Waals surface area contributed by atoms with Crippen LogP contribution in [0.4, 0.5) is 16.3 Å². The monoisotopic (exact) mass is 266 g/mol. The predicted molar refractivity (Wildman–Crippen MR) is 79.2 cm³/mol. The molecule has 20 heavy (non-hydrogen) atoms. The number of hydrogen-bond acceptors (Lipinski definition) is 3. The van der Waals surface area contributed by atoms with Gasteiger partial charge in [-0.05, 0) is 18.4 Å². The highest BCUT2D eigenvalue weighted by molar-refractivity contribution is 5.95. The molecule has 0 aliphatic carbocycles. The second-order valence-electron chi connectivity index (χ2n) is 4.57. The van der Waals surface area contributed by atoms with Crippen molar-refractivity contribution < 1.29 is 4.79 Å².